The third kappa shape index (κ3) is 15.4. The Morgan fingerprint density at radius 2 is 1.56 bits per heavy atom. The molecule has 0 aliphatic rings. The molecule has 7 heteroatoms. The van der Waals surface area contributed by atoms with Gasteiger partial charge in [0.05, 0.1) is 46.4 Å². The summed E-state index contributed by atoms with van der Waals surface area (Å²) < 4.78 is 20.5. The van der Waals surface area contributed by atoms with Gasteiger partial charge in [0.1, 0.15) is 12.9 Å². The Balaban J connectivity index is 2.88. The molecule has 0 aromatic heterocycles. The highest BCUT2D eigenvalue weighted by Crippen LogP contribution is 1.78. The van der Waals surface area contributed by atoms with Crippen molar-refractivity contribution in [3.63, 3.8) is 0 Å². The first-order valence-electron chi connectivity index (χ1n) is 6.07. The number of aldehydes is 1. The predicted molar refractivity (Wildman–Crippen MR) is 66.4 cm³/mol. The van der Waals surface area contributed by atoms with Crippen LogP contribution in [0.15, 0.2) is 0 Å². The molecule has 3 N–H and O–H groups in total. The van der Waals surface area contributed by atoms with Gasteiger partial charge in [0.2, 0.25) is 0 Å². The molecular formula is C11H24N2O5. The van der Waals surface area contributed by atoms with E-state index in [1.165, 1.54) is 0 Å². The average Bonchev–Trinajstić information content (AvgIpc) is 2.39. The second-order valence-electron chi connectivity index (χ2n) is 3.31. The van der Waals surface area contributed by atoms with Crippen molar-refractivity contribution < 1.29 is 23.7 Å². The van der Waals surface area contributed by atoms with E-state index in [-0.39, 0.29) is 6.61 Å². The minimum atomic E-state index is 0.127. The van der Waals surface area contributed by atoms with Crippen LogP contribution < -0.4 is 11.1 Å². The molecule has 0 aromatic rings. The van der Waals surface area contributed by atoms with Gasteiger partial charge in [0.15, 0.2) is 0 Å². The van der Waals surface area contributed by atoms with E-state index in [1.54, 1.807) is 0 Å². The highest BCUT2D eigenvalue weighted by atomic mass is 16.5. The fraction of sp³-hybridized carbons (Fsp3) is 0.909. The molecular weight excluding hydrogens is 240 g/mol. The van der Waals surface area contributed by atoms with Gasteiger partial charge in [-0.05, 0) is 0 Å². The van der Waals surface area contributed by atoms with Gasteiger partial charge in [0.25, 0.3) is 0 Å². The first-order chi connectivity index (χ1) is 8.91. The molecule has 0 aliphatic heterocycles. The van der Waals surface area contributed by atoms with Gasteiger partial charge in [-0.15, -0.1) is 0 Å². The number of rotatable bonds is 15. The monoisotopic (exact) mass is 264 g/mol. The number of nitrogens with one attached hydrogen (secondary N) is 1. The third-order valence-electron chi connectivity index (χ3n) is 1.82. The van der Waals surface area contributed by atoms with Gasteiger partial charge >= 0.3 is 0 Å². The Labute approximate surface area is 108 Å². The summed E-state index contributed by atoms with van der Waals surface area (Å²) in [5.41, 5.74) is 5.26. The average molecular weight is 264 g/mol. The van der Waals surface area contributed by atoms with Crippen molar-refractivity contribution in [2.24, 2.45) is 5.73 Å². The standard InChI is InChI=1S/C11H24N2O5/c12-1-4-15-9-10-18-11-13-2-5-16-7-8-17-6-3-14/h3,13H,1-2,4-12H2. The molecule has 0 aliphatic carbocycles. The van der Waals surface area contributed by atoms with E-state index in [1.807, 2.05) is 0 Å². The largest absolute Gasteiger partial charge is 0.378 e. The van der Waals surface area contributed by atoms with E-state index >= 15 is 0 Å². The van der Waals surface area contributed by atoms with Gasteiger partial charge in [-0.3, -0.25) is 5.32 Å². The zero-order chi connectivity index (χ0) is 13.3. The zero-order valence-electron chi connectivity index (χ0n) is 10.8. The molecule has 0 aromatic carbocycles. The van der Waals surface area contributed by atoms with Crippen molar-refractivity contribution >= 4 is 6.29 Å². The number of ether oxygens (including phenoxy) is 4. The molecule has 108 valence electrons. The van der Waals surface area contributed by atoms with Crippen LogP contribution in [0.2, 0.25) is 0 Å². The molecule has 0 fully saturated rings. The molecule has 0 bridgehead atoms. The van der Waals surface area contributed by atoms with Crippen LogP contribution in [-0.2, 0) is 23.7 Å². The number of hydrogen-bond acceptors (Lipinski definition) is 7. The van der Waals surface area contributed by atoms with Crippen molar-refractivity contribution in [1.82, 2.24) is 5.32 Å². The number of carbonyl (C=O) groups excluding carboxylic acids is 1. The molecule has 0 heterocycles. The van der Waals surface area contributed by atoms with Gasteiger partial charge in [-0.25, -0.2) is 0 Å². The highest BCUT2D eigenvalue weighted by Gasteiger charge is 1.91. The summed E-state index contributed by atoms with van der Waals surface area (Å²) in [6.07, 6.45) is 0.718. The smallest absolute Gasteiger partial charge is 0.145 e. The van der Waals surface area contributed by atoms with Crippen LogP contribution in [0.5, 0.6) is 0 Å². The van der Waals surface area contributed by atoms with E-state index in [2.05, 4.69) is 5.32 Å². The van der Waals surface area contributed by atoms with E-state index in [4.69, 9.17) is 24.7 Å². The maximum absolute atomic E-state index is 9.92. The van der Waals surface area contributed by atoms with Crippen molar-refractivity contribution in [3.8, 4) is 0 Å². The van der Waals surface area contributed by atoms with Gasteiger partial charge in [0, 0.05) is 13.1 Å². The Morgan fingerprint density at radius 3 is 2.28 bits per heavy atom. The molecule has 0 saturated carbocycles. The maximum atomic E-state index is 9.92. The maximum Gasteiger partial charge on any atom is 0.145 e. The lowest BCUT2D eigenvalue weighted by Crippen LogP contribution is -2.24. The second kappa shape index (κ2) is 16.4. The molecule has 0 unspecified atom stereocenters. The fourth-order valence-corrected chi connectivity index (χ4v) is 1.02. The van der Waals surface area contributed by atoms with Crippen molar-refractivity contribution in [3.05, 3.63) is 0 Å². The third-order valence-corrected chi connectivity index (χ3v) is 1.82. The van der Waals surface area contributed by atoms with Crippen LogP contribution in [0.3, 0.4) is 0 Å². The molecule has 0 saturated heterocycles. The van der Waals surface area contributed by atoms with E-state index in [0.717, 1.165) is 6.29 Å². The molecule has 18 heavy (non-hydrogen) atoms. The van der Waals surface area contributed by atoms with E-state index in [0.29, 0.717) is 59.5 Å². The summed E-state index contributed by atoms with van der Waals surface area (Å²) in [5.74, 6) is 0. The SMILES string of the molecule is NCCOCCOCNCCOCCOCC=O. The van der Waals surface area contributed by atoms with Gasteiger partial charge < -0.3 is 29.5 Å². The van der Waals surface area contributed by atoms with Crippen LogP contribution in [-0.4, -0.2) is 72.4 Å². The Hall–Kier alpha value is -0.570. The van der Waals surface area contributed by atoms with Crippen molar-refractivity contribution in [2.75, 3.05) is 66.1 Å². The topological polar surface area (TPSA) is 92.0 Å². The lowest BCUT2D eigenvalue weighted by Gasteiger charge is -2.07. The van der Waals surface area contributed by atoms with Crippen LogP contribution in [0.25, 0.3) is 0 Å². The Kier molecular flexibility index (Phi) is 15.9. The van der Waals surface area contributed by atoms with Crippen LogP contribution >= 0.6 is 0 Å². The number of hydrogen-bond donors (Lipinski definition) is 2. The molecule has 7 nitrogen and oxygen atoms in total. The Morgan fingerprint density at radius 1 is 0.889 bits per heavy atom. The van der Waals surface area contributed by atoms with Crippen molar-refractivity contribution in [2.45, 2.75) is 0 Å². The van der Waals surface area contributed by atoms with Crippen LogP contribution in [0.1, 0.15) is 0 Å². The zero-order valence-corrected chi connectivity index (χ0v) is 10.8. The van der Waals surface area contributed by atoms with Crippen LogP contribution in [0, 0.1) is 0 Å². The first kappa shape index (κ1) is 17.4. The number of nitrogens with two attached hydrogens (primary N) is 1. The fourth-order valence-electron chi connectivity index (χ4n) is 1.02. The summed E-state index contributed by atoms with van der Waals surface area (Å²) in [5, 5.41) is 3.05. The summed E-state index contributed by atoms with van der Waals surface area (Å²) >= 11 is 0. The van der Waals surface area contributed by atoms with Gasteiger partial charge in [-0.1, -0.05) is 0 Å². The molecule has 0 rings (SSSR count). The second-order valence-corrected chi connectivity index (χ2v) is 3.31. The van der Waals surface area contributed by atoms with E-state index < -0.39 is 0 Å². The minimum Gasteiger partial charge on any atom is -0.378 e. The van der Waals surface area contributed by atoms with Gasteiger partial charge in [-0.2, -0.15) is 0 Å². The predicted octanol–water partition coefficient (Wildman–Crippen LogP) is -1.24. The minimum absolute atomic E-state index is 0.127. The normalized spacial score (nSPS) is 10.7. The summed E-state index contributed by atoms with van der Waals surface area (Å²) in [4.78, 5) is 9.92. The highest BCUT2D eigenvalue weighted by molar-refractivity contribution is 5.50. The number of carbonyl (C=O) groups is 1. The van der Waals surface area contributed by atoms with E-state index in [9.17, 15) is 4.79 Å². The molecule has 0 amide bonds. The van der Waals surface area contributed by atoms with Crippen LogP contribution in [0.4, 0.5) is 0 Å². The Bertz CT molecular complexity index is 172. The summed E-state index contributed by atoms with van der Waals surface area (Å²) in [6.45, 7) is 5.02. The van der Waals surface area contributed by atoms with Crippen molar-refractivity contribution in [1.29, 1.82) is 0 Å². The lowest BCUT2D eigenvalue weighted by molar-refractivity contribution is -0.112. The first-order valence-corrected chi connectivity index (χ1v) is 6.07. The molecule has 0 radical (unpaired) electrons. The molecule has 0 spiro atoms. The molecule has 0 atom stereocenters. The quantitative estimate of drug-likeness (QED) is 0.217. The lowest BCUT2D eigenvalue weighted by atomic mass is 10.6. The summed E-state index contributed by atoms with van der Waals surface area (Å²) in [7, 11) is 0. The summed E-state index contributed by atoms with van der Waals surface area (Å²) in [6, 6.07) is 0.